The third-order valence-corrected chi connectivity index (χ3v) is 4.03. The first-order chi connectivity index (χ1) is 9.70. The van der Waals surface area contributed by atoms with Crippen molar-refractivity contribution in [3.63, 3.8) is 0 Å². The minimum atomic E-state index is 0.212. The average Bonchev–Trinajstić information content (AvgIpc) is 2.90. The van der Waals surface area contributed by atoms with Crippen molar-refractivity contribution >= 4 is 5.78 Å². The molecule has 0 saturated heterocycles. The van der Waals surface area contributed by atoms with Crippen LogP contribution in [0.25, 0.3) is 0 Å². The molecule has 0 radical (unpaired) electrons. The number of carbonyl (C=O) groups excluding carboxylic acids is 1. The molecule has 3 nitrogen and oxygen atoms in total. The lowest BCUT2D eigenvalue weighted by Gasteiger charge is -2.15. The van der Waals surface area contributed by atoms with Crippen molar-refractivity contribution < 1.29 is 9.90 Å². The Labute approximate surface area is 121 Å². The van der Waals surface area contributed by atoms with Gasteiger partial charge in [0.2, 0.25) is 0 Å². The molecule has 20 heavy (non-hydrogen) atoms. The molecule has 3 heteroatoms. The van der Waals surface area contributed by atoms with Gasteiger partial charge in [0.1, 0.15) is 0 Å². The van der Waals surface area contributed by atoms with Crippen LogP contribution in [0.1, 0.15) is 47.2 Å². The standard InChI is InChI=1S/C17H25NO2/c1-18(10-3-2-4-11-19)13-17(20)16-9-8-14-6-5-7-15(14)12-16/h8-9,12,19H,2-7,10-11,13H2,1H3. The Kier molecular flexibility index (Phi) is 5.74. The minimum Gasteiger partial charge on any atom is -0.396 e. The van der Waals surface area contributed by atoms with E-state index in [4.69, 9.17) is 5.11 Å². The maximum absolute atomic E-state index is 12.3. The normalized spacial score (nSPS) is 13.8. The van der Waals surface area contributed by atoms with Gasteiger partial charge in [0.05, 0.1) is 6.54 Å². The van der Waals surface area contributed by atoms with Crippen molar-refractivity contribution in [2.45, 2.75) is 38.5 Å². The summed E-state index contributed by atoms with van der Waals surface area (Å²) in [5.41, 5.74) is 3.63. The Hall–Kier alpha value is -1.19. The van der Waals surface area contributed by atoms with E-state index in [0.717, 1.165) is 44.2 Å². The molecular formula is C17H25NO2. The van der Waals surface area contributed by atoms with Crippen LogP contribution < -0.4 is 0 Å². The topological polar surface area (TPSA) is 40.5 Å². The molecular weight excluding hydrogens is 250 g/mol. The zero-order valence-electron chi connectivity index (χ0n) is 12.4. The number of rotatable bonds is 8. The number of benzene rings is 1. The van der Waals surface area contributed by atoms with Gasteiger partial charge in [-0.15, -0.1) is 0 Å². The summed E-state index contributed by atoms with van der Waals surface area (Å²) in [5.74, 6) is 0.212. The Bertz CT molecular complexity index is 456. The molecule has 0 atom stereocenters. The van der Waals surface area contributed by atoms with Gasteiger partial charge in [-0.05, 0) is 69.3 Å². The van der Waals surface area contributed by atoms with Crippen LogP contribution in [0, 0.1) is 0 Å². The summed E-state index contributed by atoms with van der Waals surface area (Å²) >= 11 is 0. The van der Waals surface area contributed by atoms with Crippen molar-refractivity contribution in [3.8, 4) is 0 Å². The fraction of sp³-hybridized carbons (Fsp3) is 0.588. The van der Waals surface area contributed by atoms with Gasteiger partial charge in [0.25, 0.3) is 0 Å². The van der Waals surface area contributed by atoms with Crippen molar-refractivity contribution in [3.05, 3.63) is 34.9 Å². The maximum atomic E-state index is 12.3. The molecule has 1 aromatic rings. The second-order valence-corrected chi connectivity index (χ2v) is 5.78. The monoisotopic (exact) mass is 275 g/mol. The SMILES string of the molecule is CN(CCCCCO)CC(=O)c1ccc2c(c1)CCC2. The summed E-state index contributed by atoms with van der Waals surface area (Å²) < 4.78 is 0. The van der Waals surface area contributed by atoms with Crippen molar-refractivity contribution in [1.29, 1.82) is 0 Å². The van der Waals surface area contributed by atoms with E-state index in [9.17, 15) is 4.79 Å². The van der Waals surface area contributed by atoms with E-state index >= 15 is 0 Å². The third kappa shape index (κ3) is 4.15. The highest BCUT2D eigenvalue weighted by Crippen LogP contribution is 2.23. The van der Waals surface area contributed by atoms with Gasteiger partial charge in [0, 0.05) is 12.2 Å². The second-order valence-electron chi connectivity index (χ2n) is 5.78. The number of hydrogen-bond acceptors (Lipinski definition) is 3. The van der Waals surface area contributed by atoms with Gasteiger partial charge < -0.3 is 5.11 Å². The highest BCUT2D eigenvalue weighted by Gasteiger charge is 2.14. The largest absolute Gasteiger partial charge is 0.396 e. The number of carbonyl (C=O) groups is 1. The number of Topliss-reactive ketones (excluding diaryl/α,β-unsaturated/α-hetero) is 1. The van der Waals surface area contributed by atoms with E-state index in [1.807, 2.05) is 13.1 Å². The number of aliphatic hydroxyl groups is 1. The molecule has 110 valence electrons. The molecule has 0 saturated carbocycles. The van der Waals surface area contributed by atoms with Gasteiger partial charge in [-0.1, -0.05) is 12.1 Å². The molecule has 1 aliphatic rings. The summed E-state index contributed by atoms with van der Waals surface area (Å²) in [6.07, 6.45) is 6.41. The van der Waals surface area contributed by atoms with E-state index in [1.54, 1.807) is 0 Å². The van der Waals surface area contributed by atoms with Crippen LogP contribution in [-0.4, -0.2) is 42.5 Å². The number of hydrogen-bond donors (Lipinski definition) is 1. The Morgan fingerprint density at radius 1 is 1.20 bits per heavy atom. The van der Waals surface area contributed by atoms with Gasteiger partial charge >= 0.3 is 0 Å². The van der Waals surface area contributed by atoms with E-state index in [2.05, 4.69) is 17.0 Å². The number of aliphatic hydroxyl groups excluding tert-OH is 1. The molecule has 0 amide bonds. The lowest BCUT2D eigenvalue weighted by Crippen LogP contribution is -2.27. The third-order valence-electron chi connectivity index (χ3n) is 4.03. The van der Waals surface area contributed by atoms with Crippen LogP contribution in [0.4, 0.5) is 0 Å². The molecule has 2 rings (SSSR count). The summed E-state index contributed by atoms with van der Waals surface area (Å²) in [6.45, 7) is 1.66. The molecule has 0 heterocycles. The fourth-order valence-electron chi connectivity index (χ4n) is 2.83. The highest BCUT2D eigenvalue weighted by atomic mass is 16.2. The van der Waals surface area contributed by atoms with E-state index in [-0.39, 0.29) is 12.4 Å². The van der Waals surface area contributed by atoms with Crippen LogP contribution in [0.3, 0.4) is 0 Å². The van der Waals surface area contributed by atoms with Crippen molar-refractivity contribution in [2.24, 2.45) is 0 Å². The van der Waals surface area contributed by atoms with Gasteiger partial charge in [-0.2, -0.15) is 0 Å². The predicted molar refractivity (Wildman–Crippen MR) is 81.2 cm³/mol. The summed E-state index contributed by atoms with van der Waals surface area (Å²) in [6, 6.07) is 6.19. The first kappa shape index (κ1) is 15.2. The minimum absolute atomic E-state index is 0.212. The summed E-state index contributed by atoms with van der Waals surface area (Å²) in [5, 5.41) is 8.73. The molecule has 0 unspecified atom stereocenters. The Balaban J connectivity index is 1.82. The lowest BCUT2D eigenvalue weighted by atomic mass is 10.0. The number of aryl methyl sites for hydroxylation is 2. The zero-order valence-corrected chi connectivity index (χ0v) is 12.4. The van der Waals surface area contributed by atoms with Crippen LogP contribution >= 0.6 is 0 Å². The smallest absolute Gasteiger partial charge is 0.176 e. The van der Waals surface area contributed by atoms with E-state index < -0.39 is 0 Å². The van der Waals surface area contributed by atoms with E-state index in [1.165, 1.54) is 17.5 Å². The maximum Gasteiger partial charge on any atom is 0.176 e. The first-order valence-corrected chi connectivity index (χ1v) is 7.65. The average molecular weight is 275 g/mol. The van der Waals surface area contributed by atoms with Crippen LogP contribution in [0.2, 0.25) is 0 Å². The molecule has 1 aromatic carbocycles. The number of likely N-dealkylation sites (N-methyl/N-ethyl adjacent to an activating group) is 1. The Morgan fingerprint density at radius 3 is 2.80 bits per heavy atom. The van der Waals surface area contributed by atoms with Crippen molar-refractivity contribution in [1.82, 2.24) is 4.90 Å². The predicted octanol–water partition coefficient (Wildman–Crippen LogP) is 2.45. The van der Waals surface area contributed by atoms with Crippen LogP contribution in [0.15, 0.2) is 18.2 Å². The van der Waals surface area contributed by atoms with Gasteiger partial charge in [0.15, 0.2) is 5.78 Å². The molecule has 0 aliphatic heterocycles. The molecule has 0 spiro atoms. The molecule has 0 aromatic heterocycles. The summed E-state index contributed by atoms with van der Waals surface area (Å²) in [4.78, 5) is 14.3. The number of unbranched alkanes of at least 4 members (excludes halogenated alkanes) is 2. The highest BCUT2D eigenvalue weighted by molar-refractivity contribution is 5.97. The fourth-order valence-corrected chi connectivity index (χ4v) is 2.83. The molecule has 0 bridgehead atoms. The zero-order chi connectivity index (χ0) is 14.4. The van der Waals surface area contributed by atoms with Crippen molar-refractivity contribution in [2.75, 3.05) is 26.7 Å². The Morgan fingerprint density at radius 2 is 2.00 bits per heavy atom. The number of fused-ring (bicyclic) bond motifs is 1. The lowest BCUT2D eigenvalue weighted by molar-refractivity contribution is 0.0945. The molecule has 1 aliphatic carbocycles. The van der Waals surface area contributed by atoms with Crippen LogP contribution in [0.5, 0.6) is 0 Å². The summed E-state index contributed by atoms with van der Waals surface area (Å²) in [7, 11) is 1.99. The van der Waals surface area contributed by atoms with Gasteiger partial charge in [-0.3, -0.25) is 9.69 Å². The second kappa shape index (κ2) is 7.55. The molecule has 1 N–H and O–H groups in total. The van der Waals surface area contributed by atoms with E-state index in [0.29, 0.717) is 6.54 Å². The first-order valence-electron chi connectivity index (χ1n) is 7.65. The quantitative estimate of drug-likeness (QED) is 0.585. The molecule has 0 fully saturated rings. The van der Waals surface area contributed by atoms with Crippen LogP contribution in [-0.2, 0) is 12.8 Å². The number of nitrogens with zero attached hydrogens (tertiary/aromatic N) is 1. The number of ketones is 1. The van der Waals surface area contributed by atoms with Gasteiger partial charge in [-0.25, -0.2) is 0 Å².